The third-order valence-corrected chi connectivity index (χ3v) is 1.39. The second-order valence-electron chi connectivity index (χ2n) is 2.17. The Morgan fingerprint density at radius 2 is 2.27 bits per heavy atom. The summed E-state index contributed by atoms with van der Waals surface area (Å²) in [5.41, 5.74) is 0. The fourth-order valence-corrected chi connectivity index (χ4v) is 0.764. The summed E-state index contributed by atoms with van der Waals surface area (Å²) in [4.78, 5) is 0. The van der Waals surface area contributed by atoms with E-state index in [1.807, 2.05) is 6.07 Å². The van der Waals surface area contributed by atoms with Crippen LogP contribution in [0.25, 0.3) is 0 Å². The zero-order chi connectivity index (χ0) is 8.10. The average Bonchev–Trinajstić information content (AvgIpc) is 2.04. The van der Waals surface area contributed by atoms with Gasteiger partial charge in [-0.25, -0.2) is 0 Å². The van der Waals surface area contributed by atoms with E-state index in [9.17, 15) is 0 Å². The first-order valence-corrected chi connectivity index (χ1v) is 3.94. The Bertz CT molecular complexity index is 209. The molecule has 0 aliphatic carbocycles. The van der Waals surface area contributed by atoms with Gasteiger partial charge in [-0.05, 0) is 18.6 Å². The molecule has 0 bridgehead atoms. The van der Waals surface area contributed by atoms with Gasteiger partial charge in [0.1, 0.15) is 5.82 Å². The van der Waals surface area contributed by atoms with Crippen molar-refractivity contribution in [3.05, 3.63) is 17.3 Å². The highest BCUT2D eigenvalue weighted by atomic mass is 35.5. The summed E-state index contributed by atoms with van der Waals surface area (Å²) in [5.74, 6) is 0.774. The van der Waals surface area contributed by atoms with Crippen LogP contribution in [-0.4, -0.2) is 16.7 Å². The first-order valence-electron chi connectivity index (χ1n) is 3.56. The summed E-state index contributed by atoms with van der Waals surface area (Å²) in [7, 11) is 0. The van der Waals surface area contributed by atoms with Crippen LogP contribution in [0, 0.1) is 0 Å². The molecule has 0 spiro atoms. The van der Waals surface area contributed by atoms with E-state index >= 15 is 0 Å². The van der Waals surface area contributed by atoms with Crippen LogP contribution in [0.1, 0.15) is 13.3 Å². The molecule has 0 radical (unpaired) electrons. The molecule has 1 aromatic rings. The molecule has 3 nitrogen and oxygen atoms in total. The van der Waals surface area contributed by atoms with E-state index in [4.69, 9.17) is 11.6 Å². The van der Waals surface area contributed by atoms with Gasteiger partial charge in [-0.2, -0.15) is 0 Å². The molecule has 1 aromatic heterocycles. The normalized spacial score (nSPS) is 9.64. The Balaban J connectivity index is 2.52. The van der Waals surface area contributed by atoms with Crippen LogP contribution in [-0.2, 0) is 0 Å². The van der Waals surface area contributed by atoms with Crippen molar-refractivity contribution < 1.29 is 0 Å². The van der Waals surface area contributed by atoms with Crippen LogP contribution in [0.15, 0.2) is 12.1 Å². The highest BCUT2D eigenvalue weighted by molar-refractivity contribution is 6.29. The molecule has 1 N–H and O–H groups in total. The van der Waals surface area contributed by atoms with Crippen molar-refractivity contribution in [1.82, 2.24) is 10.2 Å². The molecule has 60 valence electrons. The summed E-state index contributed by atoms with van der Waals surface area (Å²) >= 11 is 5.54. The Morgan fingerprint density at radius 1 is 1.45 bits per heavy atom. The van der Waals surface area contributed by atoms with E-state index in [1.54, 1.807) is 6.07 Å². The third-order valence-electron chi connectivity index (χ3n) is 1.19. The molecule has 0 fully saturated rings. The Morgan fingerprint density at radius 3 is 2.82 bits per heavy atom. The molecule has 0 atom stereocenters. The molecule has 0 aliphatic rings. The van der Waals surface area contributed by atoms with E-state index in [1.165, 1.54) is 0 Å². The van der Waals surface area contributed by atoms with E-state index in [-0.39, 0.29) is 0 Å². The minimum absolute atomic E-state index is 0.423. The summed E-state index contributed by atoms with van der Waals surface area (Å²) < 4.78 is 0. The summed E-state index contributed by atoms with van der Waals surface area (Å²) in [6, 6.07) is 3.53. The van der Waals surface area contributed by atoms with Crippen LogP contribution >= 0.6 is 11.6 Å². The van der Waals surface area contributed by atoms with Gasteiger partial charge in [0, 0.05) is 6.54 Å². The number of nitrogens with zero attached hydrogens (tertiary/aromatic N) is 2. The number of aromatic nitrogens is 2. The molecule has 0 aliphatic heterocycles. The quantitative estimate of drug-likeness (QED) is 0.756. The van der Waals surface area contributed by atoms with E-state index in [0.29, 0.717) is 5.15 Å². The number of halogens is 1. The lowest BCUT2D eigenvalue weighted by Crippen LogP contribution is -2.02. The fraction of sp³-hybridized carbons (Fsp3) is 0.429. The lowest BCUT2D eigenvalue weighted by molar-refractivity contribution is 0.944. The first-order chi connectivity index (χ1) is 5.33. The van der Waals surface area contributed by atoms with Crippen molar-refractivity contribution in [2.75, 3.05) is 11.9 Å². The Kier molecular flexibility index (Phi) is 3.11. The molecule has 0 saturated carbocycles. The Hall–Kier alpha value is -0.830. The molecule has 0 saturated heterocycles. The van der Waals surface area contributed by atoms with E-state index in [0.717, 1.165) is 18.8 Å². The number of hydrogen-bond donors (Lipinski definition) is 1. The molecule has 1 rings (SSSR count). The number of anilines is 1. The maximum Gasteiger partial charge on any atom is 0.151 e. The van der Waals surface area contributed by atoms with Gasteiger partial charge in [-0.15, -0.1) is 10.2 Å². The maximum absolute atomic E-state index is 5.54. The van der Waals surface area contributed by atoms with Crippen LogP contribution in [0.5, 0.6) is 0 Å². The standard InChI is InChI=1S/C7H10ClN3/c1-2-5-9-7-4-3-6(8)10-11-7/h3-4H,2,5H2,1H3,(H,9,11). The minimum atomic E-state index is 0.423. The highest BCUT2D eigenvalue weighted by Gasteiger charge is 1.91. The highest BCUT2D eigenvalue weighted by Crippen LogP contribution is 2.05. The largest absolute Gasteiger partial charge is 0.369 e. The number of nitrogens with one attached hydrogen (secondary N) is 1. The predicted molar refractivity (Wildman–Crippen MR) is 45.8 cm³/mol. The van der Waals surface area contributed by atoms with E-state index < -0.39 is 0 Å². The minimum Gasteiger partial charge on any atom is -0.369 e. The van der Waals surface area contributed by atoms with Crippen molar-refractivity contribution in [3.63, 3.8) is 0 Å². The predicted octanol–water partition coefficient (Wildman–Crippen LogP) is 1.95. The molecular formula is C7H10ClN3. The maximum atomic E-state index is 5.54. The van der Waals surface area contributed by atoms with Gasteiger partial charge in [0.25, 0.3) is 0 Å². The van der Waals surface area contributed by atoms with Crippen LogP contribution < -0.4 is 5.32 Å². The lowest BCUT2D eigenvalue weighted by atomic mass is 10.4. The van der Waals surface area contributed by atoms with Crippen LogP contribution in [0.2, 0.25) is 5.15 Å². The first kappa shape index (κ1) is 8.27. The summed E-state index contributed by atoms with van der Waals surface area (Å²) in [6.07, 6.45) is 1.07. The number of rotatable bonds is 3. The second kappa shape index (κ2) is 4.13. The van der Waals surface area contributed by atoms with Gasteiger partial charge < -0.3 is 5.32 Å². The van der Waals surface area contributed by atoms with Gasteiger partial charge in [-0.3, -0.25) is 0 Å². The van der Waals surface area contributed by atoms with Crippen molar-refractivity contribution >= 4 is 17.4 Å². The van der Waals surface area contributed by atoms with Gasteiger partial charge in [-0.1, -0.05) is 18.5 Å². The fourth-order valence-electron chi connectivity index (χ4n) is 0.663. The zero-order valence-electron chi connectivity index (χ0n) is 6.34. The molecule has 0 unspecified atom stereocenters. The SMILES string of the molecule is CCCNc1ccc(Cl)nn1. The van der Waals surface area contributed by atoms with Crippen molar-refractivity contribution in [2.45, 2.75) is 13.3 Å². The molecule has 4 heteroatoms. The van der Waals surface area contributed by atoms with Crippen molar-refractivity contribution in [1.29, 1.82) is 0 Å². The van der Waals surface area contributed by atoms with Gasteiger partial charge in [0.2, 0.25) is 0 Å². The molecule has 11 heavy (non-hydrogen) atoms. The van der Waals surface area contributed by atoms with E-state index in [2.05, 4.69) is 22.4 Å². The van der Waals surface area contributed by atoms with Gasteiger partial charge in [0.05, 0.1) is 0 Å². The lowest BCUT2D eigenvalue weighted by Gasteiger charge is -2.00. The summed E-state index contributed by atoms with van der Waals surface area (Å²) in [6.45, 7) is 3.01. The summed E-state index contributed by atoms with van der Waals surface area (Å²) in [5, 5.41) is 11.0. The second-order valence-corrected chi connectivity index (χ2v) is 2.56. The van der Waals surface area contributed by atoms with Crippen LogP contribution in [0.4, 0.5) is 5.82 Å². The third kappa shape index (κ3) is 2.72. The van der Waals surface area contributed by atoms with Crippen molar-refractivity contribution in [3.8, 4) is 0 Å². The smallest absolute Gasteiger partial charge is 0.151 e. The molecule has 1 heterocycles. The van der Waals surface area contributed by atoms with Crippen LogP contribution in [0.3, 0.4) is 0 Å². The molecule has 0 aromatic carbocycles. The average molecular weight is 172 g/mol. The monoisotopic (exact) mass is 171 g/mol. The van der Waals surface area contributed by atoms with Crippen molar-refractivity contribution in [2.24, 2.45) is 0 Å². The Labute approximate surface area is 70.8 Å². The van der Waals surface area contributed by atoms with Gasteiger partial charge in [0.15, 0.2) is 5.15 Å². The molecular weight excluding hydrogens is 162 g/mol. The topological polar surface area (TPSA) is 37.8 Å². The zero-order valence-corrected chi connectivity index (χ0v) is 7.10. The van der Waals surface area contributed by atoms with Gasteiger partial charge >= 0.3 is 0 Å². The number of hydrogen-bond acceptors (Lipinski definition) is 3. The molecule has 0 amide bonds.